The van der Waals surface area contributed by atoms with Crippen LogP contribution in [0.5, 0.6) is 11.5 Å². The minimum atomic E-state index is -3.97. The molecular weight excluding hydrogens is 496 g/mol. The smallest absolute Gasteiger partial charge is 0.333 e. The van der Waals surface area contributed by atoms with Gasteiger partial charge in [-0.1, -0.05) is 11.6 Å². The van der Waals surface area contributed by atoms with Crippen LogP contribution in [0, 0.1) is 5.92 Å². The van der Waals surface area contributed by atoms with Crippen LogP contribution in [0.3, 0.4) is 0 Å². The van der Waals surface area contributed by atoms with Crippen molar-refractivity contribution in [1.82, 2.24) is 14.3 Å². The second kappa shape index (κ2) is 12.1. The predicted molar refractivity (Wildman–Crippen MR) is 133 cm³/mol. The summed E-state index contributed by atoms with van der Waals surface area (Å²) in [5.74, 6) is 1.02. The number of nitrogens with zero attached hydrogens (tertiary/aromatic N) is 1. The van der Waals surface area contributed by atoms with Gasteiger partial charge in [-0.05, 0) is 67.6 Å². The van der Waals surface area contributed by atoms with Gasteiger partial charge in [0.15, 0.2) is 0 Å². The number of nitrogens with one attached hydrogen (secondary N) is 3. The minimum absolute atomic E-state index is 0.246. The third-order valence-corrected chi connectivity index (χ3v) is 7.45. The Hall–Kier alpha value is -3.02. The van der Waals surface area contributed by atoms with Crippen molar-refractivity contribution in [1.29, 1.82) is 0 Å². The third-order valence-electron chi connectivity index (χ3n) is 5.73. The Bertz CT molecular complexity index is 1140. The highest BCUT2D eigenvalue weighted by Gasteiger charge is 2.29. The van der Waals surface area contributed by atoms with Gasteiger partial charge in [-0.3, -0.25) is 4.79 Å². The van der Waals surface area contributed by atoms with Crippen molar-refractivity contribution >= 4 is 39.4 Å². The van der Waals surface area contributed by atoms with E-state index in [4.69, 9.17) is 21.1 Å². The molecule has 12 heteroatoms. The predicted octanol–water partition coefficient (Wildman–Crippen LogP) is 3.26. The van der Waals surface area contributed by atoms with E-state index in [-0.39, 0.29) is 24.9 Å². The number of urea groups is 1. The first-order valence-corrected chi connectivity index (χ1v) is 12.9. The van der Waals surface area contributed by atoms with E-state index in [2.05, 4.69) is 10.6 Å². The molecule has 0 unspecified atom stereocenters. The van der Waals surface area contributed by atoms with Crippen molar-refractivity contribution in [2.45, 2.75) is 19.3 Å². The van der Waals surface area contributed by atoms with Crippen LogP contribution in [-0.4, -0.2) is 58.5 Å². The molecule has 1 heterocycles. The van der Waals surface area contributed by atoms with Gasteiger partial charge in [0, 0.05) is 30.3 Å². The van der Waals surface area contributed by atoms with Gasteiger partial charge in [0.2, 0.25) is 0 Å². The monoisotopic (exact) mass is 524 g/mol. The lowest BCUT2D eigenvalue weighted by molar-refractivity contribution is 0.0947. The van der Waals surface area contributed by atoms with Crippen molar-refractivity contribution in [3.8, 4) is 11.5 Å². The molecular formula is C23H29ClN4O6S. The molecule has 2 aromatic carbocycles. The molecule has 0 bridgehead atoms. The second-order valence-electron chi connectivity index (χ2n) is 8.02. The van der Waals surface area contributed by atoms with Crippen LogP contribution in [-0.2, 0) is 10.2 Å². The van der Waals surface area contributed by atoms with Crippen LogP contribution < -0.4 is 24.8 Å². The van der Waals surface area contributed by atoms with Crippen LogP contribution in [0.25, 0.3) is 0 Å². The van der Waals surface area contributed by atoms with E-state index in [1.165, 1.54) is 18.5 Å². The number of halogens is 1. The highest BCUT2D eigenvalue weighted by Crippen LogP contribution is 2.24. The second-order valence-corrected chi connectivity index (χ2v) is 10.1. The average Bonchev–Trinajstić information content (AvgIpc) is 2.84. The molecule has 10 nitrogen and oxygen atoms in total. The lowest BCUT2D eigenvalue weighted by atomic mass is 9.95. The van der Waals surface area contributed by atoms with Crippen molar-refractivity contribution < 1.29 is 27.5 Å². The number of anilines is 1. The van der Waals surface area contributed by atoms with E-state index in [9.17, 15) is 18.0 Å². The van der Waals surface area contributed by atoms with E-state index < -0.39 is 16.2 Å². The maximum atomic E-state index is 12.6. The summed E-state index contributed by atoms with van der Waals surface area (Å²) in [6.45, 7) is 1.01. The number of benzene rings is 2. The van der Waals surface area contributed by atoms with E-state index in [0.29, 0.717) is 53.6 Å². The van der Waals surface area contributed by atoms with Gasteiger partial charge in [0.05, 0.1) is 19.8 Å². The van der Waals surface area contributed by atoms with Gasteiger partial charge < -0.3 is 20.1 Å². The molecule has 1 aliphatic heterocycles. The summed E-state index contributed by atoms with van der Waals surface area (Å²) in [5.41, 5.74) is 0.801. The van der Waals surface area contributed by atoms with E-state index in [1.807, 2.05) is 4.72 Å². The van der Waals surface area contributed by atoms with Crippen molar-refractivity contribution in [3.05, 3.63) is 53.1 Å². The summed E-state index contributed by atoms with van der Waals surface area (Å²) in [4.78, 5) is 24.6. The van der Waals surface area contributed by atoms with Crippen LogP contribution >= 0.6 is 11.6 Å². The highest BCUT2D eigenvalue weighted by molar-refractivity contribution is 7.87. The van der Waals surface area contributed by atoms with E-state index in [1.54, 1.807) is 42.5 Å². The number of hydrogen-bond acceptors (Lipinski definition) is 6. The quantitative estimate of drug-likeness (QED) is 0.462. The zero-order valence-electron chi connectivity index (χ0n) is 19.5. The van der Waals surface area contributed by atoms with Gasteiger partial charge in [0.25, 0.3) is 5.91 Å². The molecule has 190 valence electrons. The van der Waals surface area contributed by atoms with Gasteiger partial charge in [-0.15, -0.1) is 0 Å². The first kappa shape index (κ1) is 26.6. The summed E-state index contributed by atoms with van der Waals surface area (Å²) in [6.07, 6.45) is 1.95. The molecule has 0 radical (unpaired) electrons. The lowest BCUT2D eigenvalue weighted by Crippen LogP contribution is -2.48. The Balaban J connectivity index is 1.42. The summed E-state index contributed by atoms with van der Waals surface area (Å²) < 4.78 is 38.8. The molecule has 3 N–H and O–H groups in total. The molecule has 0 aliphatic carbocycles. The zero-order valence-corrected chi connectivity index (χ0v) is 21.1. The normalized spacial score (nSPS) is 14.7. The fourth-order valence-corrected chi connectivity index (χ4v) is 5.07. The summed E-state index contributed by atoms with van der Waals surface area (Å²) in [5, 5.41) is 5.80. The lowest BCUT2D eigenvalue weighted by Gasteiger charge is -2.31. The highest BCUT2D eigenvalue weighted by atomic mass is 35.5. The fraction of sp³-hybridized carbons (Fsp3) is 0.391. The maximum Gasteiger partial charge on any atom is 0.333 e. The molecule has 0 saturated carbocycles. The number of carbonyl (C=O) groups excluding carboxylic acids is 2. The van der Waals surface area contributed by atoms with Crippen LogP contribution in [0.15, 0.2) is 42.5 Å². The van der Waals surface area contributed by atoms with Gasteiger partial charge >= 0.3 is 16.2 Å². The summed E-state index contributed by atoms with van der Waals surface area (Å²) in [6, 6.07) is 10.5. The molecule has 1 aliphatic rings. The Labute approximate surface area is 210 Å². The number of rotatable bonds is 9. The molecule has 3 rings (SSSR count). The molecule has 35 heavy (non-hydrogen) atoms. The van der Waals surface area contributed by atoms with Crippen LogP contribution in [0.4, 0.5) is 10.5 Å². The van der Waals surface area contributed by atoms with Crippen molar-refractivity contribution in [2.75, 3.05) is 39.2 Å². The summed E-state index contributed by atoms with van der Waals surface area (Å²) >= 11 is 5.98. The molecule has 0 atom stereocenters. The number of hydrogen-bond donors (Lipinski definition) is 3. The van der Waals surface area contributed by atoms with E-state index >= 15 is 0 Å². The maximum absolute atomic E-state index is 12.6. The molecule has 0 spiro atoms. The molecule has 1 saturated heterocycles. The first-order valence-electron chi connectivity index (χ1n) is 11.1. The van der Waals surface area contributed by atoms with E-state index in [0.717, 1.165) is 0 Å². The number of methoxy groups -OCH3 is 2. The van der Waals surface area contributed by atoms with Crippen LogP contribution in [0.2, 0.25) is 5.02 Å². The standard InChI is InChI=1S/C23H29ClN4O6S/c1-33-19-6-4-18(5-7-19)26-23(30)27-35(31,32)28-13-10-16(11-14-28)9-12-25-22(29)20-15-17(24)3-8-21(20)34-2/h3-8,15-16H,9-14H2,1-2H3,(H,25,29)(H2,26,27,30). The van der Waals surface area contributed by atoms with Crippen molar-refractivity contribution in [3.63, 3.8) is 0 Å². The fourth-order valence-electron chi connectivity index (χ4n) is 3.79. The number of carbonyl (C=O) groups is 2. The number of amides is 3. The third kappa shape index (κ3) is 7.48. The first-order chi connectivity index (χ1) is 16.7. The zero-order chi connectivity index (χ0) is 25.4. The Kier molecular flexibility index (Phi) is 9.19. The number of ether oxygens (including phenoxy) is 2. The van der Waals surface area contributed by atoms with Gasteiger partial charge in [-0.25, -0.2) is 9.52 Å². The Morgan fingerprint density at radius 3 is 2.37 bits per heavy atom. The molecule has 3 amide bonds. The van der Waals surface area contributed by atoms with Gasteiger partial charge in [-0.2, -0.15) is 12.7 Å². The molecule has 2 aromatic rings. The van der Waals surface area contributed by atoms with Crippen molar-refractivity contribution in [2.24, 2.45) is 5.92 Å². The Morgan fingerprint density at radius 1 is 1.06 bits per heavy atom. The van der Waals surface area contributed by atoms with Crippen LogP contribution in [0.1, 0.15) is 29.6 Å². The number of piperidine rings is 1. The molecule has 1 fully saturated rings. The minimum Gasteiger partial charge on any atom is -0.497 e. The summed E-state index contributed by atoms with van der Waals surface area (Å²) in [7, 11) is -0.957. The Morgan fingerprint density at radius 2 is 1.74 bits per heavy atom. The topological polar surface area (TPSA) is 126 Å². The van der Waals surface area contributed by atoms with Gasteiger partial charge in [0.1, 0.15) is 11.5 Å². The average molecular weight is 525 g/mol. The largest absolute Gasteiger partial charge is 0.497 e. The SMILES string of the molecule is COc1ccc(NC(=O)NS(=O)(=O)N2CCC(CCNC(=O)c3cc(Cl)ccc3OC)CC2)cc1. The molecule has 0 aromatic heterocycles.